The molecule has 0 radical (unpaired) electrons. The SMILES string of the molecule is Cc1cc2c3c(c1)cc(CCO)n3CCC2=O. The Balaban J connectivity index is 2.35. The van der Waals surface area contributed by atoms with Gasteiger partial charge < -0.3 is 9.67 Å². The molecular weight excluding hydrogens is 214 g/mol. The molecule has 1 aromatic carbocycles. The van der Waals surface area contributed by atoms with Gasteiger partial charge in [-0.25, -0.2) is 0 Å². The fourth-order valence-electron chi connectivity index (χ4n) is 2.76. The van der Waals surface area contributed by atoms with E-state index in [1.54, 1.807) is 0 Å². The van der Waals surface area contributed by atoms with E-state index in [-0.39, 0.29) is 12.4 Å². The summed E-state index contributed by atoms with van der Waals surface area (Å²) >= 11 is 0. The van der Waals surface area contributed by atoms with Gasteiger partial charge >= 0.3 is 0 Å². The van der Waals surface area contributed by atoms with Crippen LogP contribution in [0.2, 0.25) is 0 Å². The second-order valence-corrected chi connectivity index (χ2v) is 4.68. The third kappa shape index (κ3) is 1.50. The molecule has 1 aliphatic heterocycles. The Morgan fingerprint density at radius 1 is 1.35 bits per heavy atom. The first-order valence-corrected chi connectivity index (χ1v) is 5.97. The Morgan fingerprint density at radius 2 is 2.18 bits per heavy atom. The van der Waals surface area contributed by atoms with Crippen LogP contribution in [0.4, 0.5) is 0 Å². The van der Waals surface area contributed by atoms with Crippen molar-refractivity contribution in [1.29, 1.82) is 0 Å². The number of carbonyl (C=O) groups excluding carboxylic acids is 1. The fourth-order valence-corrected chi connectivity index (χ4v) is 2.76. The lowest BCUT2D eigenvalue weighted by Gasteiger charge is -2.17. The molecule has 88 valence electrons. The molecule has 0 spiro atoms. The molecule has 0 fully saturated rings. The summed E-state index contributed by atoms with van der Waals surface area (Å²) in [6.07, 6.45) is 1.22. The Hall–Kier alpha value is -1.61. The van der Waals surface area contributed by atoms with Crippen LogP contribution < -0.4 is 0 Å². The molecule has 1 aliphatic rings. The van der Waals surface area contributed by atoms with Crippen LogP contribution in [0.1, 0.15) is 28.0 Å². The average Bonchev–Trinajstić information content (AvgIpc) is 2.62. The quantitative estimate of drug-likeness (QED) is 0.856. The minimum Gasteiger partial charge on any atom is -0.396 e. The van der Waals surface area contributed by atoms with Crippen LogP contribution in [0.15, 0.2) is 18.2 Å². The van der Waals surface area contributed by atoms with Crippen molar-refractivity contribution in [3.63, 3.8) is 0 Å². The molecule has 0 unspecified atom stereocenters. The van der Waals surface area contributed by atoms with E-state index in [0.29, 0.717) is 12.8 Å². The number of carbonyl (C=O) groups is 1. The van der Waals surface area contributed by atoms with Crippen LogP contribution in [0.5, 0.6) is 0 Å². The highest BCUT2D eigenvalue weighted by Gasteiger charge is 2.21. The van der Waals surface area contributed by atoms with Gasteiger partial charge in [0, 0.05) is 42.6 Å². The predicted molar refractivity (Wildman–Crippen MR) is 66.4 cm³/mol. The highest BCUT2D eigenvalue weighted by Crippen LogP contribution is 2.30. The summed E-state index contributed by atoms with van der Waals surface area (Å²) in [5.41, 5.74) is 4.14. The molecule has 2 heterocycles. The first kappa shape index (κ1) is 10.5. The number of aliphatic hydroxyl groups is 1. The fraction of sp³-hybridized carbons (Fsp3) is 0.357. The van der Waals surface area contributed by atoms with Gasteiger partial charge in [-0.3, -0.25) is 4.79 Å². The van der Waals surface area contributed by atoms with Gasteiger partial charge in [-0.15, -0.1) is 0 Å². The molecule has 0 atom stereocenters. The second-order valence-electron chi connectivity index (χ2n) is 4.68. The molecule has 3 rings (SSSR count). The van der Waals surface area contributed by atoms with E-state index < -0.39 is 0 Å². The molecule has 17 heavy (non-hydrogen) atoms. The number of benzene rings is 1. The zero-order valence-electron chi connectivity index (χ0n) is 9.86. The zero-order chi connectivity index (χ0) is 12.0. The van der Waals surface area contributed by atoms with Crippen LogP contribution in [-0.4, -0.2) is 22.1 Å². The maximum Gasteiger partial charge on any atom is 0.166 e. The predicted octanol–water partition coefficient (Wildman–Crippen LogP) is 2.07. The van der Waals surface area contributed by atoms with E-state index in [2.05, 4.69) is 16.7 Å². The van der Waals surface area contributed by atoms with E-state index >= 15 is 0 Å². The number of Topliss-reactive ketones (excluding diaryl/α,β-unsaturated/α-hetero) is 1. The maximum atomic E-state index is 11.9. The van der Waals surface area contributed by atoms with Gasteiger partial charge in [0.15, 0.2) is 5.78 Å². The first-order valence-electron chi connectivity index (χ1n) is 5.97. The van der Waals surface area contributed by atoms with Gasteiger partial charge in [-0.1, -0.05) is 0 Å². The second kappa shape index (κ2) is 3.70. The van der Waals surface area contributed by atoms with E-state index in [0.717, 1.165) is 34.3 Å². The summed E-state index contributed by atoms with van der Waals surface area (Å²) in [6.45, 7) is 2.91. The third-order valence-corrected chi connectivity index (χ3v) is 3.45. The Morgan fingerprint density at radius 3 is 2.94 bits per heavy atom. The first-order chi connectivity index (χ1) is 8.20. The summed E-state index contributed by atoms with van der Waals surface area (Å²) in [7, 11) is 0. The van der Waals surface area contributed by atoms with E-state index in [1.165, 1.54) is 0 Å². The molecule has 0 aliphatic carbocycles. The highest BCUT2D eigenvalue weighted by molar-refractivity contribution is 6.08. The van der Waals surface area contributed by atoms with Gasteiger partial charge in [0.25, 0.3) is 0 Å². The number of aryl methyl sites for hydroxylation is 2. The number of aliphatic hydroxyl groups excluding tert-OH is 1. The molecule has 0 saturated carbocycles. The topological polar surface area (TPSA) is 42.2 Å². The largest absolute Gasteiger partial charge is 0.396 e. The number of nitrogens with zero attached hydrogens (tertiary/aromatic N) is 1. The smallest absolute Gasteiger partial charge is 0.166 e. The van der Waals surface area contributed by atoms with Crippen molar-refractivity contribution in [2.24, 2.45) is 0 Å². The maximum absolute atomic E-state index is 11.9. The summed E-state index contributed by atoms with van der Waals surface area (Å²) in [4.78, 5) is 11.9. The molecule has 0 amide bonds. The Labute approximate surface area is 99.7 Å². The molecule has 0 saturated heterocycles. The lowest BCUT2D eigenvalue weighted by atomic mass is 10.00. The van der Waals surface area contributed by atoms with Crippen LogP contribution in [0.25, 0.3) is 10.9 Å². The molecule has 1 aromatic heterocycles. The van der Waals surface area contributed by atoms with Gasteiger partial charge in [0.1, 0.15) is 0 Å². The molecule has 2 aromatic rings. The van der Waals surface area contributed by atoms with Gasteiger partial charge in [-0.2, -0.15) is 0 Å². The number of ketones is 1. The zero-order valence-corrected chi connectivity index (χ0v) is 9.86. The molecule has 3 nitrogen and oxygen atoms in total. The molecule has 1 N–H and O–H groups in total. The van der Waals surface area contributed by atoms with Crippen LogP contribution >= 0.6 is 0 Å². The van der Waals surface area contributed by atoms with Gasteiger partial charge in [-0.05, 0) is 30.7 Å². The summed E-state index contributed by atoms with van der Waals surface area (Å²) in [6, 6.07) is 6.18. The lowest BCUT2D eigenvalue weighted by molar-refractivity contribution is 0.0973. The van der Waals surface area contributed by atoms with Crippen molar-refractivity contribution < 1.29 is 9.90 Å². The third-order valence-electron chi connectivity index (χ3n) is 3.45. The van der Waals surface area contributed by atoms with Crippen molar-refractivity contribution in [2.75, 3.05) is 6.61 Å². The van der Waals surface area contributed by atoms with Gasteiger partial charge in [0.2, 0.25) is 0 Å². The number of hydrogen-bond acceptors (Lipinski definition) is 2. The van der Waals surface area contributed by atoms with Crippen LogP contribution in [0.3, 0.4) is 0 Å². The van der Waals surface area contributed by atoms with Crippen molar-refractivity contribution in [1.82, 2.24) is 4.57 Å². The summed E-state index contributed by atoms with van der Waals surface area (Å²) in [5, 5.41) is 10.2. The van der Waals surface area contributed by atoms with Gasteiger partial charge in [0.05, 0.1) is 5.52 Å². The normalized spacial score (nSPS) is 14.6. The van der Waals surface area contributed by atoms with Crippen molar-refractivity contribution in [3.05, 3.63) is 35.0 Å². The molecule has 3 heteroatoms. The number of rotatable bonds is 2. The van der Waals surface area contributed by atoms with Crippen LogP contribution in [0, 0.1) is 6.92 Å². The summed E-state index contributed by atoms with van der Waals surface area (Å²) < 4.78 is 2.18. The lowest BCUT2D eigenvalue weighted by Crippen LogP contribution is -2.16. The van der Waals surface area contributed by atoms with Crippen molar-refractivity contribution >= 4 is 16.7 Å². The standard InChI is InChI=1S/C14H15NO2/c1-9-6-10-8-11(3-5-16)15-4-2-13(17)12(7-9)14(10)15/h6-8,16H,2-5H2,1H3. The van der Waals surface area contributed by atoms with E-state index in [4.69, 9.17) is 5.11 Å². The minimum atomic E-state index is 0.151. The minimum absolute atomic E-state index is 0.151. The van der Waals surface area contributed by atoms with Crippen molar-refractivity contribution in [3.8, 4) is 0 Å². The monoisotopic (exact) mass is 229 g/mol. The van der Waals surface area contributed by atoms with E-state index in [1.807, 2.05) is 13.0 Å². The number of hydrogen-bond donors (Lipinski definition) is 1. The molecule has 0 bridgehead atoms. The number of aromatic nitrogens is 1. The van der Waals surface area contributed by atoms with Crippen LogP contribution in [-0.2, 0) is 13.0 Å². The van der Waals surface area contributed by atoms with Crippen molar-refractivity contribution in [2.45, 2.75) is 26.3 Å². The highest BCUT2D eigenvalue weighted by atomic mass is 16.3. The summed E-state index contributed by atoms with van der Waals surface area (Å²) in [5.74, 6) is 0.236. The Kier molecular flexibility index (Phi) is 2.30. The Bertz CT molecular complexity index is 610. The average molecular weight is 229 g/mol. The molecular formula is C14H15NO2. The van der Waals surface area contributed by atoms with E-state index in [9.17, 15) is 4.79 Å².